The summed E-state index contributed by atoms with van der Waals surface area (Å²) in [4.78, 5) is 13.5. The van der Waals surface area contributed by atoms with E-state index in [1.165, 1.54) is 23.4 Å². The van der Waals surface area contributed by atoms with Crippen LogP contribution in [0, 0.1) is 12.7 Å². The number of hydrogen-bond donors (Lipinski definition) is 1. The number of H-pyrrole nitrogens is 1. The molecule has 0 saturated carbocycles. The Morgan fingerprint density at radius 2 is 1.70 bits per heavy atom. The average molecular weight is 423 g/mol. The molecule has 0 radical (unpaired) electrons. The number of halogens is 2. The van der Waals surface area contributed by atoms with Crippen molar-refractivity contribution in [2.75, 3.05) is 36.0 Å². The summed E-state index contributed by atoms with van der Waals surface area (Å²) in [6, 6.07) is 12.4. The molecule has 6 nitrogen and oxygen atoms in total. The predicted octanol–water partition coefficient (Wildman–Crippen LogP) is 4.45. The predicted molar refractivity (Wildman–Crippen MR) is 118 cm³/mol. The number of benzene rings is 2. The summed E-state index contributed by atoms with van der Waals surface area (Å²) in [5.74, 6) is 0.571. The average Bonchev–Trinajstić information content (AvgIpc) is 3.20. The maximum Gasteiger partial charge on any atom is 0.186 e. The van der Waals surface area contributed by atoms with Crippen LogP contribution in [0.1, 0.15) is 5.56 Å². The molecule has 3 heterocycles. The molecule has 30 heavy (non-hydrogen) atoms. The molecule has 5 rings (SSSR count). The van der Waals surface area contributed by atoms with Crippen molar-refractivity contribution in [1.82, 2.24) is 20.2 Å². The van der Waals surface area contributed by atoms with Gasteiger partial charge in [-0.2, -0.15) is 5.10 Å². The Morgan fingerprint density at radius 1 is 0.967 bits per heavy atom. The molecule has 0 bridgehead atoms. The lowest BCUT2D eigenvalue weighted by Gasteiger charge is -2.37. The van der Waals surface area contributed by atoms with Gasteiger partial charge in [0, 0.05) is 42.5 Å². The minimum atomic E-state index is -0.272. The second-order valence-electron chi connectivity index (χ2n) is 7.41. The highest BCUT2D eigenvalue weighted by Gasteiger charge is 2.24. The van der Waals surface area contributed by atoms with Crippen LogP contribution in [0.3, 0.4) is 0 Å². The van der Waals surface area contributed by atoms with E-state index in [-0.39, 0.29) is 5.82 Å². The zero-order valence-corrected chi connectivity index (χ0v) is 17.2. The quantitative estimate of drug-likeness (QED) is 0.528. The molecule has 1 aliphatic rings. The van der Waals surface area contributed by atoms with Gasteiger partial charge in [-0.25, -0.2) is 14.4 Å². The van der Waals surface area contributed by atoms with E-state index in [0.29, 0.717) is 5.65 Å². The molecule has 152 valence electrons. The molecule has 0 spiro atoms. The van der Waals surface area contributed by atoms with Crippen molar-refractivity contribution >= 4 is 34.1 Å². The number of nitrogens with zero attached hydrogens (tertiary/aromatic N) is 5. The minimum Gasteiger partial charge on any atom is -0.368 e. The van der Waals surface area contributed by atoms with E-state index in [1.807, 2.05) is 12.1 Å². The van der Waals surface area contributed by atoms with Crippen LogP contribution in [0.4, 0.5) is 15.9 Å². The smallest absolute Gasteiger partial charge is 0.186 e. The lowest BCUT2D eigenvalue weighted by molar-refractivity contribution is 0.628. The number of aryl methyl sites for hydroxylation is 1. The molecular formula is C22H20ClFN6. The first-order valence-electron chi connectivity index (χ1n) is 9.81. The molecule has 1 fully saturated rings. The van der Waals surface area contributed by atoms with Crippen LogP contribution < -0.4 is 9.80 Å². The molecule has 1 aliphatic heterocycles. The van der Waals surface area contributed by atoms with E-state index in [1.54, 1.807) is 18.5 Å². The standard InChI is InChI=1S/C22H20ClFN6/c1-14-2-5-16(23)12-18(14)29-8-10-30(11-9-29)22-19-20(15-3-6-17(24)7-4-15)27-28-21(19)25-13-26-22/h2-7,12-13H,8-11H2,1H3,(H,25,26,27,28). The molecule has 0 aliphatic carbocycles. The van der Waals surface area contributed by atoms with Crippen molar-refractivity contribution in [3.05, 3.63) is 65.2 Å². The maximum atomic E-state index is 13.4. The lowest BCUT2D eigenvalue weighted by Crippen LogP contribution is -2.47. The van der Waals surface area contributed by atoms with Gasteiger partial charge in [-0.15, -0.1) is 0 Å². The highest BCUT2D eigenvalue weighted by atomic mass is 35.5. The first-order chi connectivity index (χ1) is 14.6. The normalized spacial score (nSPS) is 14.5. The molecule has 1 saturated heterocycles. The van der Waals surface area contributed by atoms with Gasteiger partial charge in [-0.1, -0.05) is 17.7 Å². The van der Waals surface area contributed by atoms with Crippen molar-refractivity contribution < 1.29 is 4.39 Å². The second kappa shape index (κ2) is 7.57. The SMILES string of the molecule is Cc1ccc(Cl)cc1N1CCN(c2ncnc3n[nH]c(-c4ccc(F)cc4)c23)CC1. The Balaban J connectivity index is 1.45. The van der Waals surface area contributed by atoms with Gasteiger partial charge < -0.3 is 9.80 Å². The first kappa shape index (κ1) is 18.8. The molecule has 2 aromatic carbocycles. The highest BCUT2D eigenvalue weighted by molar-refractivity contribution is 6.30. The molecule has 4 aromatic rings. The molecule has 0 unspecified atom stereocenters. The largest absolute Gasteiger partial charge is 0.368 e. The second-order valence-corrected chi connectivity index (χ2v) is 7.84. The number of fused-ring (bicyclic) bond motifs is 1. The van der Waals surface area contributed by atoms with Crippen molar-refractivity contribution in [2.45, 2.75) is 6.92 Å². The molecular weight excluding hydrogens is 403 g/mol. The third-order valence-electron chi connectivity index (χ3n) is 5.55. The third-order valence-corrected chi connectivity index (χ3v) is 5.79. The number of rotatable bonds is 3. The lowest BCUT2D eigenvalue weighted by atomic mass is 10.1. The van der Waals surface area contributed by atoms with E-state index in [0.717, 1.165) is 53.7 Å². The summed E-state index contributed by atoms with van der Waals surface area (Å²) in [5.41, 5.74) is 4.64. The van der Waals surface area contributed by atoms with Crippen molar-refractivity contribution in [1.29, 1.82) is 0 Å². The monoisotopic (exact) mass is 422 g/mol. The Morgan fingerprint density at radius 3 is 2.47 bits per heavy atom. The number of nitrogens with one attached hydrogen (secondary N) is 1. The summed E-state index contributed by atoms with van der Waals surface area (Å²) >= 11 is 6.21. The van der Waals surface area contributed by atoms with E-state index >= 15 is 0 Å². The number of aromatic amines is 1. The van der Waals surface area contributed by atoms with Crippen molar-refractivity contribution in [3.63, 3.8) is 0 Å². The van der Waals surface area contributed by atoms with Crippen LogP contribution in [-0.2, 0) is 0 Å². The molecule has 0 atom stereocenters. The Bertz CT molecular complexity index is 1200. The minimum absolute atomic E-state index is 0.272. The van der Waals surface area contributed by atoms with Crippen LogP contribution in [0.5, 0.6) is 0 Å². The molecule has 8 heteroatoms. The zero-order chi connectivity index (χ0) is 20.7. The van der Waals surface area contributed by atoms with Gasteiger partial charge in [0.15, 0.2) is 5.65 Å². The van der Waals surface area contributed by atoms with Crippen LogP contribution in [0.15, 0.2) is 48.8 Å². The fourth-order valence-corrected chi connectivity index (χ4v) is 4.15. The van der Waals surface area contributed by atoms with Crippen LogP contribution >= 0.6 is 11.6 Å². The van der Waals surface area contributed by atoms with Gasteiger partial charge in [0.2, 0.25) is 0 Å². The van der Waals surface area contributed by atoms with Crippen LogP contribution in [-0.4, -0.2) is 46.3 Å². The van der Waals surface area contributed by atoms with Gasteiger partial charge in [0.05, 0.1) is 11.1 Å². The van der Waals surface area contributed by atoms with Gasteiger partial charge in [0.25, 0.3) is 0 Å². The van der Waals surface area contributed by atoms with Gasteiger partial charge in [-0.3, -0.25) is 5.10 Å². The number of aromatic nitrogens is 4. The van der Waals surface area contributed by atoms with Gasteiger partial charge in [-0.05, 0) is 48.9 Å². The molecule has 2 aromatic heterocycles. The topological polar surface area (TPSA) is 60.9 Å². The summed E-state index contributed by atoms with van der Waals surface area (Å²) in [5, 5.41) is 8.99. The van der Waals surface area contributed by atoms with Crippen molar-refractivity contribution in [2.24, 2.45) is 0 Å². The van der Waals surface area contributed by atoms with Crippen LogP contribution in [0.2, 0.25) is 5.02 Å². The number of anilines is 2. The van der Waals surface area contributed by atoms with Gasteiger partial charge in [0.1, 0.15) is 18.0 Å². The molecule has 1 N–H and O–H groups in total. The van der Waals surface area contributed by atoms with E-state index < -0.39 is 0 Å². The molecule has 0 amide bonds. The van der Waals surface area contributed by atoms with Gasteiger partial charge >= 0.3 is 0 Å². The summed E-state index contributed by atoms with van der Waals surface area (Å²) < 4.78 is 13.4. The summed E-state index contributed by atoms with van der Waals surface area (Å²) in [7, 11) is 0. The van der Waals surface area contributed by atoms with E-state index in [9.17, 15) is 4.39 Å². The van der Waals surface area contributed by atoms with E-state index in [2.05, 4.69) is 43.0 Å². The fraction of sp³-hybridized carbons (Fsp3) is 0.227. The van der Waals surface area contributed by atoms with Crippen LogP contribution in [0.25, 0.3) is 22.3 Å². The fourth-order valence-electron chi connectivity index (χ4n) is 3.99. The highest BCUT2D eigenvalue weighted by Crippen LogP contribution is 2.33. The Kier molecular flexibility index (Phi) is 4.75. The number of piperazine rings is 1. The van der Waals surface area contributed by atoms with E-state index in [4.69, 9.17) is 11.6 Å². The summed E-state index contributed by atoms with van der Waals surface area (Å²) in [6.45, 7) is 5.44. The number of hydrogen-bond acceptors (Lipinski definition) is 5. The zero-order valence-electron chi connectivity index (χ0n) is 16.4. The third kappa shape index (κ3) is 3.35. The first-order valence-corrected chi connectivity index (χ1v) is 10.2. The summed E-state index contributed by atoms with van der Waals surface area (Å²) in [6.07, 6.45) is 1.54. The Hall–Kier alpha value is -3.19. The maximum absolute atomic E-state index is 13.4. The Labute approximate surface area is 178 Å². The van der Waals surface area contributed by atoms with Crippen molar-refractivity contribution in [3.8, 4) is 11.3 Å².